The Bertz CT molecular complexity index is 1250. The van der Waals surface area contributed by atoms with Crippen LogP contribution in [0.2, 0.25) is 5.02 Å². The molecular weight excluding hydrogens is 492 g/mol. The van der Waals surface area contributed by atoms with E-state index in [9.17, 15) is 14.7 Å². The highest BCUT2D eigenvalue weighted by atomic mass is 35.5. The number of nitrogens with zero attached hydrogens (tertiary/aromatic N) is 1. The van der Waals surface area contributed by atoms with Crippen molar-refractivity contribution in [1.29, 1.82) is 0 Å². The van der Waals surface area contributed by atoms with Gasteiger partial charge in [-0.25, -0.2) is 4.79 Å². The van der Waals surface area contributed by atoms with Crippen molar-refractivity contribution >= 4 is 51.8 Å². The SMILES string of the molecule is C=CC(Cc1c(Cl)c2cc(NC(=O)C3CCCC3)ccc2n1Cc1ccc(C(=O)O)cc1)SCCC. The summed E-state index contributed by atoms with van der Waals surface area (Å²) in [5.41, 5.74) is 4.02. The predicted molar refractivity (Wildman–Crippen MR) is 150 cm³/mol. The lowest BCUT2D eigenvalue weighted by Crippen LogP contribution is -2.20. The molecule has 5 nitrogen and oxygen atoms in total. The summed E-state index contributed by atoms with van der Waals surface area (Å²) in [7, 11) is 0. The van der Waals surface area contributed by atoms with Crippen molar-refractivity contribution in [2.24, 2.45) is 5.92 Å². The Kier molecular flexibility index (Phi) is 8.81. The molecule has 1 fully saturated rings. The highest BCUT2D eigenvalue weighted by Gasteiger charge is 2.24. The van der Waals surface area contributed by atoms with Gasteiger partial charge in [0.25, 0.3) is 0 Å². The number of carboxylic acid groups (broad SMARTS) is 1. The second-order valence-corrected chi connectivity index (χ2v) is 11.1. The molecule has 190 valence electrons. The fourth-order valence-electron chi connectivity index (χ4n) is 4.86. The minimum absolute atomic E-state index is 0.0869. The number of carboxylic acids is 1. The monoisotopic (exact) mass is 524 g/mol. The summed E-state index contributed by atoms with van der Waals surface area (Å²) in [5, 5.41) is 14.2. The van der Waals surface area contributed by atoms with Crippen LogP contribution in [0.1, 0.15) is 60.6 Å². The molecule has 4 rings (SSSR count). The van der Waals surface area contributed by atoms with Gasteiger partial charge in [0.05, 0.1) is 16.1 Å². The molecule has 7 heteroatoms. The van der Waals surface area contributed by atoms with Crippen molar-refractivity contribution < 1.29 is 14.7 Å². The zero-order valence-electron chi connectivity index (χ0n) is 20.6. The fourth-order valence-corrected chi connectivity index (χ4v) is 6.14. The molecular formula is C29H33ClN2O3S. The van der Waals surface area contributed by atoms with Crippen LogP contribution < -0.4 is 5.32 Å². The number of fused-ring (bicyclic) bond motifs is 1. The average Bonchev–Trinajstić information content (AvgIpc) is 3.50. The summed E-state index contributed by atoms with van der Waals surface area (Å²) in [4.78, 5) is 24.0. The van der Waals surface area contributed by atoms with E-state index in [4.69, 9.17) is 11.6 Å². The van der Waals surface area contributed by atoms with Gasteiger partial charge in [-0.15, -0.1) is 6.58 Å². The number of aromatic carboxylic acids is 1. The van der Waals surface area contributed by atoms with Crippen LogP contribution in [-0.4, -0.2) is 32.6 Å². The number of thioether (sulfide) groups is 1. The van der Waals surface area contributed by atoms with Crippen molar-refractivity contribution in [2.45, 2.75) is 57.2 Å². The molecule has 0 aliphatic heterocycles. The summed E-state index contributed by atoms with van der Waals surface area (Å²) in [5.74, 6) is 0.284. The number of anilines is 1. The molecule has 36 heavy (non-hydrogen) atoms. The molecule has 1 heterocycles. The van der Waals surface area contributed by atoms with E-state index in [2.05, 4.69) is 23.4 Å². The maximum atomic E-state index is 12.7. The Labute approximate surface area is 221 Å². The maximum absolute atomic E-state index is 12.7. The van der Waals surface area contributed by atoms with Crippen LogP contribution in [-0.2, 0) is 17.8 Å². The summed E-state index contributed by atoms with van der Waals surface area (Å²) in [6, 6.07) is 12.9. The van der Waals surface area contributed by atoms with E-state index in [1.165, 1.54) is 0 Å². The Balaban J connectivity index is 1.70. The highest BCUT2D eigenvalue weighted by molar-refractivity contribution is 8.00. The van der Waals surface area contributed by atoms with Gasteiger partial charge in [-0.2, -0.15) is 11.8 Å². The summed E-state index contributed by atoms with van der Waals surface area (Å²) >= 11 is 8.88. The molecule has 1 atom stereocenters. The maximum Gasteiger partial charge on any atom is 0.335 e. The van der Waals surface area contributed by atoms with Crippen LogP contribution in [0.3, 0.4) is 0 Å². The number of carbonyl (C=O) groups excluding carboxylic acids is 1. The second-order valence-electron chi connectivity index (χ2n) is 9.40. The average molecular weight is 525 g/mol. The highest BCUT2D eigenvalue weighted by Crippen LogP contribution is 2.36. The number of hydrogen-bond donors (Lipinski definition) is 2. The van der Waals surface area contributed by atoms with E-state index in [-0.39, 0.29) is 22.6 Å². The molecule has 2 N–H and O–H groups in total. The van der Waals surface area contributed by atoms with Gasteiger partial charge in [-0.1, -0.05) is 49.6 Å². The first kappa shape index (κ1) is 26.4. The zero-order chi connectivity index (χ0) is 25.7. The minimum atomic E-state index is -0.939. The van der Waals surface area contributed by atoms with E-state index in [0.29, 0.717) is 11.6 Å². The van der Waals surface area contributed by atoms with Crippen LogP contribution in [0.5, 0.6) is 0 Å². The van der Waals surface area contributed by atoms with Crippen LogP contribution in [0.15, 0.2) is 55.1 Å². The van der Waals surface area contributed by atoms with Gasteiger partial charge >= 0.3 is 5.97 Å². The lowest BCUT2D eigenvalue weighted by atomic mass is 10.1. The summed E-state index contributed by atoms with van der Waals surface area (Å²) in [6.45, 7) is 6.77. The third kappa shape index (κ3) is 5.98. The molecule has 0 saturated heterocycles. The molecule has 1 amide bonds. The number of carbonyl (C=O) groups is 2. The lowest BCUT2D eigenvalue weighted by Gasteiger charge is -2.16. The molecule has 1 aromatic heterocycles. The molecule has 1 saturated carbocycles. The largest absolute Gasteiger partial charge is 0.478 e. The number of nitrogens with one attached hydrogen (secondary N) is 1. The van der Waals surface area contributed by atoms with E-state index >= 15 is 0 Å². The zero-order valence-corrected chi connectivity index (χ0v) is 22.2. The van der Waals surface area contributed by atoms with Gasteiger partial charge in [-0.3, -0.25) is 4.79 Å². The first-order chi connectivity index (χ1) is 17.4. The number of aromatic nitrogens is 1. The molecule has 3 aromatic rings. The summed E-state index contributed by atoms with van der Waals surface area (Å²) in [6.07, 6.45) is 7.94. The van der Waals surface area contributed by atoms with Crippen LogP contribution in [0, 0.1) is 5.92 Å². The summed E-state index contributed by atoms with van der Waals surface area (Å²) < 4.78 is 2.21. The van der Waals surface area contributed by atoms with Gasteiger partial charge < -0.3 is 15.0 Å². The van der Waals surface area contributed by atoms with E-state index in [0.717, 1.165) is 72.1 Å². The van der Waals surface area contributed by atoms with Crippen LogP contribution in [0.4, 0.5) is 5.69 Å². The number of amides is 1. The van der Waals surface area contributed by atoms with Crippen LogP contribution >= 0.6 is 23.4 Å². The molecule has 2 aromatic carbocycles. The van der Waals surface area contributed by atoms with Gasteiger partial charge in [0.1, 0.15) is 0 Å². The Hall–Kier alpha value is -2.70. The lowest BCUT2D eigenvalue weighted by molar-refractivity contribution is -0.119. The first-order valence-corrected chi connectivity index (χ1v) is 14.0. The topological polar surface area (TPSA) is 71.3 Å². The van der Waals surface area contributed by atoms with E-state index < -0.39 is 5.97 Å². The Morgan fingerprint density at radius 1 is 1.22 bits per heavy atom. The van der Waals surface area contributed by atoms with Gasteiger partial charge in [0, 0.05) is 40.9 Å². The van der Waals surface area contributed by atoms with E-state index in [1.807, 2.05) is 48.2 Å². The Morgan fingerprint density at radius 3 is 2.58 bits per heavy atom. The quantitative estimate of drug-likeness (QED) is 0.256. The molecule has 1 aliphatic carbocycles. The number of rotatable bonds is 11. The first-order valence-electron chi connectivity index (χ1n) is 12.6. The smallest absolute Gasteiger partial charge is 0.335 e. The molecule has 0 bridgehead atoms. The van der Waals surface area contributed by atoms with Gasteiger partial charge in [0.2, 0.25) is 5.91 Å². The van der Waals surface area contributed by atoms with Crippen molar-refractivity contribution in [3.63, 3.8) is 0 Å². The van der Waals surface area contributed by atoms with E-state index in [1.54, 1.807) is 12.1 Å². The third-order valence-corrected chi connectivity index (χ3v) is 8.68. The van der Waals surface area contributed by atoms with Crippen molar-refractivity contribution in [3.05, 3.63) is 77.0 Å². The normalized spacial score (nSPS) is 14.7. The molecule has 0 spiro atoms. The van der Waals surface area contributed by atoms with Crippen molar-refractivity contribution in [2.75, 3.05) is 11.1 Å². The fraction of sp³-hybridized carbons (Fsp3) is 0.379. The molecule has 1 aliphatic rings. The Morgan fingerprint density at radius 2 is 1.94 bits per heavy atom. The standard InChI is InChI=1S/C29H33ClN2O3S/c1-3-15-36-23(4-2)17-26-27(30)24-16-22(31-28(33)20-7-5-6-8-20)13-14-25(24)32(26)18-19-9-11-21(12-10-19)29(34)35/h4,9-14,16,20,23H,2-3,5-8,15,17-18H2,1H3,(H,31,33)(H,34,35). The number of benzene rings is 2. The molecule has 1 unspecified atom stereocenters. The van der Waals surface area contributed by atoms with Gasteiger partial charge in [0.15, 0.2) is 0 Å². The second kappa shape index (κ2) is 12.0. The van der Waals surface area contributed by atoms with Crippen LogP contribution in [0.25, 0.3) is 10.9 Å². The van der Waals surface area contributed by atoms with Gasteiger partial charge in [-0.05, 0) is 60.9 Å². The van der Waals surface area contributed by atoms with Crippen molar-refractivity contribution in [1.82, 2.24) is 4.57 Å². The minimum Gasteiger partial charge on any atom is -0.478 e. The van der Waals surface area contributed by atoms with Crippen molar-refractivity contribution in [3.8, 4) is 0 Å². The molecule has 0 radical (unpaired) electrons. The number of hydrogen-bond acceptors (Lipinski definition) is 3. The number of halogens is 1. The predicted octanol–water partition coefficient (Wildman–Crippen LogP) is 7.41. The third-order valence-electron chi connectivity index (χ3n) is 6.83.